The van der Waals surface area contributed by atoms with Crippen LogP contribution in [0, 0.1) is 12.7 Å². The van der Waals surface area contributed by atoms with E-state index in [0.29, 0.717) is 33.8 Å². The van der Waals surface area contributed by atoms with Crippen molar-refractivity contribution in [3.8, 4) is 22.5 Å². The standard InChI is InChI=1S/C29H30FN5O4/c1-16-11-17(5-9-20(16)27(36)33-19-7-8-19)25-14-31-26-24(32-15-29(2,3)38)13-23(34-35(25)26)21-10-6-18(30)12-22(21)28(37)39-4/h5-6,9-14,19,32,38H,7-8,15H2,1-4H3,(H,33,36). The maximum Gasteiger partial charge on any atom is 0.338 e. The quantitative estimate of drug-likeness (QED) is 0.289. The molecule has 0 saturated heterocycles. The van der Waals surface area contributed by atoms with Gasteiger partial charge in [-0.2, -0.15) is 5.10 Å². The van der Waals surface area contributed by atoms with E-state index in [1.807, 2.05) is 19.1 Å². The number of benzene rings is 2. The first-order valence-electron chi connectivity index (χ1n) is 12.7. The van der Waals surface area contributed by atoms with E-state index in [4.69, 9.17) is 9.84 Å². The van der Waals surface area contributed by atoms with E-state index >= 15 is 0 Å². The second kappa shape index (κ2) is 10.1. The molecule has 9 nitrogen and oxygen atoms in total. The average molecular weight is 532 g/mol. The molecule has 1 amide bonds. The lowest BCUT2D eigenvalue weighted by atomic mass is 10.0. The third-order valence-corrected chi connectivity index (χ3v) is 6.52. The van der Waals surface area contributed by atoms with E-state index in [9.17, 15) is 19.1 Å². The van der Waals surface area contributed by atoms with Crippen LogP contribution in [0.1, 0.15) is 53.0 Å². The lowest BCUT2D eigenvalue weighted by Gasteiger charge is -2.19. The van der Waals surface area contributed by atoms with Gasteiger partial charge in [-0.05, 0) is 75.6 Å². The number of nitrogens with zero attached hydrogens (tertiary/aromatic N) is 3. The van der Waals surface area contributed by atoms with Gasteiger partial charge >= 0.3 is 5.97 Å². The van der Waals surface area contributed by atoms with Gasteiger partial charge in [0, 0.05) is 29.3 Å². The number of carbonyl (C=O) groups excluding carboxylic acids is 2. The number of amides is 1. The molecule has 202 valence electrons. The Hall–Kier alpha value is -4.31. The van der Waals surface area contributed by atoms with Gasteiger partial charge in [0.1, 0.15) is 5.82 Å². The molecule has 2 aromatic heterocycles. The fourth-order valence-corrected chi connectivity index (χ4v) is 4.33. The number of halogens is 1. The molecule has 0 atom stereocenters. The SMILES string of the molecule is COC(=O)c1cc(F)ccc1-c1cc(NCC(C)(C)O)c2ncc(-c3ccc(C(=O)NC4CC4)c(C)c3)n2n1. The Balaban J connectivity index is 1.64. The number of nitrogens with one attached hydrogen (secondary N) is 2. The lowest BCUT2D eigenvalue weighted by Crippen LogP contribution is -2.29. The first kappa shape index (κ1) is 26.3. The number of anilines is 1. The number of imidazole rings is 1. The van der Waals surface area contributed by atoms with Crippen LogP contribution in [0.15, 0.2) is 48.7 Å². The van der Waals surface area contributed by atoms with Gasteiger partial charge < -0.3 is 20.5 Å². The topological polar surface area (TPSA) is 118 Å². The van der Waals surface area contributed by atoms with Crippen molar-refractivity contribution in [2.24, 2.45) is 0 Å². The van der Waals surface area contributed by atoms with Gasteiger partial charge in [0.2, 0.25) is 0 Å². The Morgan fingerprint density at radius 2 is 1.92 bits per heavy atom. The molecule has 39 heavy (non-hydrogen) atoms. The van der Waals surface area contributed by atoms with Crippen molar-refractivity contribution in [3.63, 3.8) is 0 Å². The summed E-state index contributed by atoms with van der Waals surface area (Å²) in [6, 6.07) is 11.3. The smallest absolute Gasteiger partial charge is 0.338 e. The van der Waals surface area contributed by atoms with Crippen LogP contribution in [0.4, 0.5) is 10.1 Å². The van der Waals surface area contributed by atoms with Crippen molar-refractivity contribution in [2.75, 3.05) is 19.0 Å². The Kier molecular flexibility index (Phi) is 6.82. The van der Waals surface area contributed by atoms with E-state index in [2.05, 4.69) is 15.6 Å². The number of carbonyl (C=O) groups is 2. The molecule has 0 aliphatic heterocycles. The van der Waals surface area contributed by atoms with Gasteiger partial charge in [0.25, 0.3) is 5.91 Å². The van der Waals surface area contributed by atoms with Gasteiger partial charge in [-0.1, -0.05) is 6.07 Å². The fourth-order valence-electron chi connectivity index (χ4n) is 4.33. The molecular weight excluding hydrogens is 501 g/mol. The molecule has 10 heteroatoms. The van der Waals surface area contributed by atoms with Gasteiger partial charge in [-0.15, -0.1) is 0 Å². The monoisotopic (exact) mass is 531 g/mol. The Bertz CT molecular complexity index is 1590. The van der Waals surface area contributed by atoms with Crippen LogP contribution < -0.4 is 10.6 Å². The first-order chi connectivity index (χ1) is 18.5. The number of aromatic nitrogens is 3. The second-order valence-corrected chi connectivity index (χ2v) is 10.4. The fraction of sp³-hybridized carbons (Fsp3) is 0.310. The summed E-state index contributed by atoms with van der Waals surface area (Å²) in [5.74, 6) is -1.37. The third-order valence-electron chi connectivity index (χ3n) is 6.52. The minimum atomic E-state index is -1.02. The van der Waals surface area contributed by atoms with Crippen LogP contribution in [0.25, 0.3) is 28.2 Å². The largest absolute Gasteiger partial charge is 0.465 e. The van der Waals surface area contributed by atoms with Crippen LogP contribution >= 0.6 is 0 Å². The molecule has 5 rings (SSSR count). The van der Waals surface area contributed by atoms with Crippen molar-refractivity contribution < 1.29 is 23.8 Å². The number of ether oxygens (including phenoxy) is 1. The molecule has 1 saturated carbocycles. The molecule has 1 aliphatic carbocycles. The zero-order valence-electron chi connectivity index (χ0n) is 22.2. The van der Waals surface area contributed by atoms with Crippen LogP contribution in [0.5, 0.6) is 0 Å². The van der Waals surface area contributed by atoms with Crippen LogP contribution in [-0.4, -0.2) is 56.9 Å². The average Bonchev–Trinajstić information content (AvgIpc) is 3.60. The number of hydrogen-bond acceptors (Lipinski definition) is 7. The molecule has 3 N–H and O–H groups in total. The van der Waals surface area contributed by atoms with Crippen LogP contribution in [0.2, 0.25) is 0 Å². The highest BCUT2D eigenvalue weighted by Gasteiger charge is 2.25. The number of aryl methyl sites for hydroxylation is 1. The van der Waals surface area contributed by atoms with Crippen molar-refractivity contribution >= 4 is 23.2 Å². The molecule has 1 aliphatic rings. The number of hydrogen-bond donors (Lipinski definition) is 3. The van der Waals surface area contributed by atoms with Crippen molar-refractivity contribution in [1.82, 2.24) is 19.9 Å². The normalized spacial score (nSPS) is 13.4. The molecular formula is C29H30FN5O4. The van der Waals surface area contributed by atoms with E-state index in [0.717, 1.165) is 30.0 Å². The van der Waals surface area contributed by atoms with Crippen LogP contribution in [-0.2, 0) is 4.74 Å². The first-order valence-corrected chi connectivity index (χ1v) is 12.7. The molecule has 0 radical (unpaired) electrons. The molecule has 1 fully saturated rings. The molecule has 2 aromatic carbocycles. The van der Waals surface area contributed by atoms with Gasteiger partial charge in [0.05, 0.1) is 41.5 Å². The maximum atomic E-state index is 14.1. The number of methoxy groups -OCH3 is 1. The summed E-state index contributed by atoms with van der Waals surface area (Å²) in [5.41, 5.74) is 3.66. The highest BCUT2D eigenvalue weighted by Crippen LogP contribution is 2.31. The zero-order valence-corrected chi connectivity index (χ0v) is 22.2. The van der Waals surface area contributed by atoms with Gasteiger partial charge in [-0.25, -0.2) is 18.7 Å². The molecule has 2 heterocycles. The van der Waals surface area contributed by atoms with E-state index in [1.54, 1.807) is 36.7 Å². The maximum absolute atomic E-state index is 14.1. The summed E-state index contributed by atoms with van der Waals surface area (Å²) < 4.78 is 20.6. The molecule has 0 unspecified atom stereocenters. The highest BCUT2D eigenvalue weighted by atomic mass is 19.1. The van der Waals surface area contributed by atoms with E-state index < -0.39 is 17.4 Å². The Morgan fingerprint density at radius 1 is 1.15 bits per heavy atom. The predicted molar refractivity (Wildman–Crippen MR) is 145 cm³/mol. The zero-order chi connectivity index (χ0) is 27.9. The number of fused-ring (bicyclic) bond motifs is 1. The summed E-state index contributed by atoms with van der Waals surface area (Å²) in [6.07, 6.45) is 3.69. The Labute approximate surface area is 225 Å². The summed E-state index contributed by atoms with van der Waals surface area (Å²) >= 11 is 0. The molecule has 4 aromatic rings. The third kappa shape index (κ3) is 5.61. The number of esters is 1. The van der Waals surface area contributed by atoms with Crippen molar-refractivity contribution in [1.29, 1.82) is 0 Å². The summed E-state index contributed by atoms with van der Waals surface area (Å²) in [6.45, 7) is 5.45. The van der Waals surface area contributed by atoms with E-state index in [1.165, 1.54) is 19.2 Å². The second-order valence-electron chi connectivity index (χ2n) is 10.4. The van der Waals surface area contributed by atoms with Crippen molar-refractivity contribution in [2.45, 2.75) is 45.3 Å². The molecule has 0 bridgehead atoms. The van der Waals surface area contributed by atoms with Gasteiger partial charge in [0.15, 0.2) is 5.65 Å². The highest BCUT2D eigenvalue weighted by molar-refractivity contribution is 5.98. The van der Waals surface area contributed by atoms with Crippen LogP contribution in [0.3, 0.4) is 0 Å². The summed E-state index contributed by atoms with van der Waals surface area (Å²) in [7, 11) is 1.23. The molecule has 0 spiro atoms. The Morgan fingerprint density at radius 3 is 2.59 bits per heavy atom. The number of rotatable bonds is 8. The summed E-state index contributed by atoms with van der Waals surface area (Å²) in [4.78, 5) is 29.7. The predicted octanol–water partition coefficient (Wildman–Crippen LogP) is 4.37. The van der Waals surface area contributed by atoms with Crippen molar-refractivity contribution in [3.05, 3.63) is 71.2 Å². The number of aliphatic hydroxyl groups is 1. The van der Waals surface area contributed by atoms with E-state index in [-0.39, 0.29) is 24.1 Å². The summed E-state index contributed by atoms with van der Waals surface area (Å²) in [5, 5.41) is 21.3. The minimum absolute atomic E-state index is 0.0290. The lowest BCUT2D eigenvalue weighted by molar-refractivity contribution is 0.0600. The minimum Gasteiger partial charge on any atom is -0.465 e. The van der Waals surface area contributed by atoms with Gasteiger partial charge in [-0.3, -0.25) is 4.79 Å².